The van der Waals surface area contributed by atoms with Gasteiger partial charge in [-0.3, -0.25) is 4.79 Å². The fourth-order valence-electron chi connectivity index (χ4n) is 6.27. The molecule has 0 saturated carbocycles. The lowest BCUT2D eigenvalue weighted by atomic mass is 9.88. The van der Waals surface area contributed by atoms with Crippen LogP contribution in [0, 0.1) is 0 Å². The molecule has 22 heteroatoms. The third kappa shape index (κ3) is 8.79. The standard InChI is InChI=1S/C29H47NO21/c1-9-17(37)20(40)21(41)26(46-9)47-13-3-4-45-15(8-33)23(13)49-27-22(42)25(19(39)14(7-32)48-27)51-29(28(43)44)5-11(35)16(30-10(2)34)24(50-29)18(38)12(36)6-31/h3-4,9,11-27,31-33,35-42H,5-8H2,1-2H3,(H,30,34)(H,43,44)/t9?,11?,12?,13?,14?,15?,16?,17?,18?,19?,20?,21?,22?,23?,24?,25?,26?,27-,29-/m0/s1. The van der Waals surface area contributed by atoms with Gasteiger partial charge in [0, 0.05) is 13.3 Å². The first-order valence-electron chi connectivity index (χ1n) is 16.1. The molecule has 0 aromatic rings. The minimum atomic E-state index is -3.03. The van der Waals surface area contributed by atoms with Gasteiger partial charge in [0.15, 0.2) is 12.6 Å². The maximum Gasteiger partial charge on any atom is 0.364 e. The van der Waals surface area contributed by atoms with Gasteiger partial charge >= 0.3 is 5.97 Å². The number of carboxylic acids is 1. The maximum atomic E-state index is 12.8. The van der Waals surface area contributed by atoms with E-state index in [0.29, 0.717) is 0 Å². The van der Waals surface area contributed by atoms with Crippen LogP contribution in [0.1, 0.15) is 20.3 Å². The molecule has 0 aromatic carbocycles. The Kier molecular flexibility index (Phi) is 14.1. The molecule has 0 aromatic heterocycles. The molecule has 3 saturated heterocycles. The number of amides is 1. The number of carbonyl (C=O) groups is 2. The summed E-state index contributed by atoms with van der Waals surface area (Å²) < 4.78 is 39.4. The number of rotatable bonds is 13. The maximum absolute atomic E-state index is 12.8. The first-order valence-corrected chi connectivity index (χ1v) is 16.1. The van der Waals surface area contributed by atoms with E-state index in [1.807, 2.05) is 0 Å². The van der Waals surface area contributed by atoms with Crippen molar-refractivity contribution < 1.29 is 104 Å². The van der Waals surface area contributed by atoms with Gasteiger partial charge in [-0.25, -0.2) is 4.79 Å². The highest BCUT2D eigenvalue weighted by molar-refractivity contribution is 5.76. The predicted octanol–water partition coefficient (Wildman–Crippen LogP) is -7.54. The summed E-state index contributed by atoms with van der Waals surface area (Å²) in [7, 11) is 0. The smallest absolute Gasteiger partial charge is 0.364 e. The van der Waals surface area contributed by atoms with Crippen LogP contribution in [0.5, 0.6) is 0 Å². The third-order valence-electron chi connectivity index (χ3n) is 9.12. The number of aliphatic carboxylic acids is 1. The lowest BCUT2D eigenvalue weighted by Crippen LogP contribution is -2.70. The van der Waals surface area contributed by atoms with E-state index in [4.69, 9.17) is 33.2 Å². The van der Waals surface area contributed by atoms with Gasteiger partial charge in [-0.1, -0.05) is 0 Å². The van der Waals surface area contributed by atoms with Crippen LogP contribution in [0.15, 0.2) is 12.3 Å². The van der Waals surface area contributed by atoms with Crippen molar-refractivity contribution in [1.29, 1.82) is 0 Å². The summed E-state index contributed by atoms with van der Waals surface area (Å²) >= 11 is 0. The molecule has 3 fully saturated rings. The van der Waals surface area contributed by atoms with Gasteiger partial charge in [0.2, 0.25) is 5.91 Å². The molecule has 4 aliphatic rings. The van der Waals surface area contributed by atoms with Crippen molar-refractivity contribution in [2.75, 3.05) is 19.8 Å². The Morgan fingerprint density at radius 1 is 0.882 bits per heavy atom. The second kappa shape index (κ2) is 17.3. The van der Waals surface area contributed by atoms with Gasteiger partial charge in [0.25, 0.3) is 5.79 Å². The van der Waals surface area contributed by atoms with Crippen LogP contribution in [0.3, 0.4) is 0 Å². The Morgan fingerprint density at radius 2 is 1.53 bits per heavy atom. The number of hydrogen-bond donors (Lipinski definition) is 13. The minimum absolute atomic E-state index is 0.734. The highest BCUT2D eigenvalue weighted by Crippen LogP contribution is 2.38. The fourth-order valence-corrected chi connectivity index (χ4v) is 6.27. The molecule has 51 heavy (non-hydrogen) atoms. The molecule has 4 heterocycles. The number of carbonyl (C=O) groups excluding carboxylic acids is 1. The van der Waals surface area contributed by atoms with Crippen molar-refractivity contribution in [2.45, 2.75) is 136 Å². The van der Waals surface area contributed by atoms with E-state index in [-0.39, 0.29) is 0 Å². The Labute approximate surface area is 289 Å². The summed E-state index contributed by atoms with van der Waals surface area (Å²) in [4.78, 5) is 24.6. The van der Waals surface area contributed by atoms with Crippen LogP contribution in [-0.2, 0) is 42.7 Å². The van der Waals surface area contributed by atoms with Crippen molar-refractivity contribution in [2.24, 2.45) is 0 Å². The zero-order valence-corrected chi connectivity index (χ0v) is 27.4. The highest BCUT2D eigenvalue weighted by atomic mass is 16.8. The molecule has 0 bridgehead atoms. The van der Waals surface area contributed by atoms with Crippen molar-refractivity contribution in [3.8, 4) is 0 Å². The number of aliphatic hydroxyl groups excluding tert-OH is 11. The van der Waals surface area contributed by atoms with E-state index in [1.165, 1.54) is 13.0 Å². The molecule has 4 rings (SSSR count). The van der Waals surface area contributed by atoms with Crippen molar-refractivity contribution in [3.63, 3.8) is 0 Å². The normalized spacial score (nSPS) is 45.7. The largest absolute Gasteiger partial charge is 0.493 e. The quantitative estimate of drug-likeness (QED) is 0.0832. The Morgan fingerprint density at radius 3 is 2.12 bits per heavy atom. The average molecular weight is 746 g/mol. The summed E-state index contributed by atoms with van der Waals surface area (Å²) in [6.07, 6.45) is -27.9. The molecule has 1 amide bonds. The van der Waals surface area contributed by atoms with Gasteiger partial charge in [0.05, 0.1) is 44.3 Å². The summed E-state index contributed by atoms with van der Waals surface area (Å²) in [6.45, 7) is -0.296. The topological polar surface area (TPSA) is 354 Å². The van der Waals surface area contributed by atoms with Crippen LogP contribution >= 0.6 is 0 Å². The minimum Gasteiger partial charge on any atom is -0.493 e. The molecular weight excluding hydrogens is 698 g/mol. The monoisotopic (exact) mass is 745 g/mol. The summed E-state index contributed by atoms with van der Waals surface area (Å²) in [5.41, 5.74) is 0. The predicted molar refractivity (Wildman–Crippen MR) is 158 cm³/mol. The summed E-state index contributed by atoms with van der Waals surface area (Å²) in [5, 5.41) is 127. The van der Waals surface area contributed by atoms with Crippen molar-refractivity contribution in [3.05, 3.63) is 12.3 Å². The molecule has 0 aliphatic carbocycles. The Balaban J connectivity index is 1.62. The second-order valence-corrected chi connectivity index (χ2v) is 12.7. The fraction of sp³-hybridized carbons (Fsp3) is 0.862. The van der Waals surface area contributed by atoms with E-state index >= 15 is 0 Å². The zero-order chi connectivity index (χ0) is 37.9. The number of nitrogens with one attached hydrogen (secondary N) is 1. The van der Waals surface area contributed by atoms with Crippen LogP contribution in [0.2, 0.25) is 0 Å². The SMILES string of the molecule is CC(=O)NC1C(O)C[C@](OC2C(O)C(CO)O[C@@H](OC3C(OC4OC(C)C(O)C(O)C4O)C=COC3CO)C2O)(C(=O)O)OC1C(O)C(O)CO. The summed E-state index contributed by atoms with van der Waals surface area (Å²) in [5.74, 6) is -5.74. The van der Waals surface area contributed by atoms with Gasteiger partial charge < -0.3 is 99.8 Å². The van der Waals surface area contributed by atoms with Crippen LogP contribution in [0.4, 0.5) is 0 Å². The molecule has 294 valence electrons. The number of aliphatic hydroxyl groups is 11. The van der Waals surface area contributed by atoms with Crippen LogP contribution < -0.4 is 5.32 Å². The van der Waals surface area contributed by atoms with Crippen LogP contribution in [-0.4, -0.2) is 209 Å². The van der Waals surface area contributed by atoms with E-state index in [0.717, 1.165) is 13.2 Å². The van der Waals surface area contributed by atoms with Crippen molar-refractivity contribution >= 4 is 11.9 Å². The van der Waals surface area contributed by atoms with Crippen LogP contribution in [0.25, 0.3) is 0 Å². The Bertz CT molecular complexity index is 1200. The molecule has 22 nitrogen and oxygen atoms in total. The highest BCUT2D eigenvalue weighted by Gasteiger charge is 2.60. The molecule has 17 unspecified atom stereocenters. The first kappa shape index (κ1) is 41.6. The third-order valence-corrected chi connectivity index (χ3v) is 9.12. The molecular formula is C29H47NO21. The van der Waals surface area contributed by atoms with E-state index < -0.39 is 154 Å². The van der Waals surface area contributed by atoms with E-state index in [9.17, 15) is 70.9 Å². The average Bonchev–Trinajstić information content (AvgIpc) is 3.09. The van der Waals surface area contributed by atoms with Gasteiger partial charge in [-0.05, 0) is 13.0 Å². The summed E-state index contributed by atoms with van der Waals surface area (Å²) in [6, 6.07) is -1.55. The zero-order valence-electron chi connectivity index (χ0n) is 27.4. The number of carboxylic acid groups (broad SMARTS) is 1. The molecule has 0 radical (unpaired) electrons. The first-order chi connectivity index (χ1) is 24.0. The molecule has 0 spiro atoms. The van der Waals surface area contributed by atoms with Gasteiger partial charge in [0.1, 0.15) is 79.4 Å². The van der Waals surface area contributed by atoms with Gasteiger partial charge in [-0.2, -0.15) is 0 Å². The van der Waals surface area contributed by atoms with E-state index in [1.54, 1.807) is 0 Å². The number of hydrogen-bond acceptors (Lipinski definition) is 20. The molecule has 13 N–H and O–H groups in total. The molecule has 19 atom stereocenters. The molecule has 4 aliphatic heterocycles. The Hall–Kier alpha value is -2.20. The van der Waals surface area contributed by atoms with Crippen molar-refractivity contribution in [1.82, 2.24) is 5.32 Å². The second-order valence-electron chi connectivity index (χ2n) is 12.7. The van der Waals surface area contributed by atoms with Gasteiger partial charge in [-0.15, -0.1) is 0 Å². The number of ether oxygens (including phenoxy) is 7. The lowest BCUT2D eigenvalue weighted by molar-refractivity contribution is -0.379. The lowest BCUT2D eigenvalue weighted by Gasteiger charge is -2.50. The van der Waals surface area contributed by atoms with E-state index in [2.05, 4.69) is 5.32 Å².